The number of anilines is 1. The number of aromatic nitrogens is 1. The van der Waals surface area contributed by atoms with Crippen molar-refractivity contribution in [3.8, 4) is 0 Å². The molecule has 0 atom stereocenters. The number of para-hydroxylation sites is 2. The van der Waals surface area contributed by atoms with Crippen LogP contribution < -0.4 is 4.90 Å². The van der Waals surface area contributed by atoms with Crippen LogP contribution in [0.15, 0.2) is 28.7 Å². The van der Waals surface area contributed by atoms with Gasteiger partial charge in [0, 0.05) is 26.2 Å². The largest absolute Gasteiger partial charge is 0.465 e. The van der Waals surface area contributed by atoms with E-state index in [1.165, 1.54) is 4.90 Å². The maximum Gasteiger partial charge on any atom is 0.407 e. The van der Waals surface area contributed by atoms with E-state index >= 15 is 0 Å². The van der Waals surface area contributed by atoms with Crippen molar-refractivity contribution in [1.29, 1.82) is 0 Å². The first-order valence-corrected chi connectivity index (χ1v) is 5.82. The Morgan fingerprint density at radius 1 is 1.22 bits per heavy atom. The third-order valence-electron chi connectivity index (χ3n) is 3.10. The van der Waals surface area contributed by atoms with Gasteiger partial charge in [-0.25, -0.2) is 4.79 Å². The lowest BCUT2D eigenvalue weighted by molar-refractivity contribution is 0.142. The van der Waals surface area contributed by atoms with E-state index in [0.717, 1.165) is 11.1 Å². The third kappa shape index (κ3) is 1.85. The molecule has 1 aliphatic rings. The summed E-state index contributed by atoms with van der Waals surface area (Å²) in [5.41, 5.74) is 1.58. The molecule has 2 heterocycles. The molecular weight excluding hydrogens is 234 g/mol. The predicted octanol–water partition coefficient (Wildman–Crippen LogP) is 1.63. The molecule has 0 bridgehead atoms. The zero-order valence-corrected chi connectivity index (χ0v) is 9.74. The number of carbonyl (C=O) groups is 1. The molecule has 0 unspecified atom stereocenters. The van der Waals surface area contributed by atoms with Gasteiger partial charge in [0.15, 0.2) is 5.58 Å². The molecule has 1 saturated heterocycles. The van der Waals surface area contributed by atoms with Gasteiger partial charge in [-0.1, -0.05) is 12.1 Å². The summed E-state index contributed by atoms with van der Waals surface area (Å²) in [5.74, 6) is 0. The molecular formula is C12H13N3O3. The molecule has 6 heteroatoms. The van der Waals surface area contributed by atoms with E-state index in [0.29, 0.717) is 32.2 Å². The number of amides is 1. The molecule has 1 amide bonds. The highest BCUT2D eigenvalue weighted by atomic mass is 16.4. The van der Waals surface area contributed by atoms with Gasteiger partial charge in [-0.05, 0) is 12.1 Å². The van der Waals surface area contributed by atoms with Gasteiger partial charge in [0.05, 0.1) is 0 Å². The molecule has 1 N–H and O–H groups in total. The fourth-order valence-electron chi connectivity index (χ4n) is 2.08. The van der Waals surface area contributed by atoms with Crippen molar-refractivity contribution in [1.82, 2.24) is 9.88 Å². The van der Waals surface area contributed by atoms with Gasteiger partial charge in [-0.2, -0.15) is 4.98 Å². The minimum absolute atomic E-state index is 0.480. The minimum atomic E-state index is -0.868. The first-order chi connectivity index (χ1) is 8.74. The summed E-state index contributed by atoms with van der Waals surface area (Å²) < 4.78 is 5.65. The molecule has 18 heavy (non-hydrogen) atoms. The first kappa shape index (κ1) is 10.9. The molecule has 0 spiro atoms. The van der Waals surface area contributed by atoms with Gasteiger partial charge < -0.3 is 19.3 Å². The Bertz CT molecular complexity index is 540. The van der Waals surface area contributed by atoms with E-state index in [2.05, 4.69) is 4.98 Å². The molecule has 6 nitrogen and oxygen atoms in total. The van der Waals surface area contributed by atoms with Crippen molar-refractivity contribution in [2.24, 2.45) is 0 Å². The van der Waals surface area contributed by atoms with Gasteiger partial charge in [-0.3, -0.25) is 0 Å². The zero-order valence-electron chi connectivity index (χ0n) is 9.74. The monoisotopic (exact) mass is 247 g/mol. The quantitative estimate of drug-likeness (QED) is 0.829. The van der Waals surface area contributed by atoms with Crippen LogP contribution in [0.1, 0.15) is 0 Å². The number of piperazine rings is 1. The number of fused-ring (bicyclic) bond motifs is 1. The van der Waals surface area contributed by atoms with Crippen LogP contribution in [0.25, 0.3) is 11.1 Å². The van der Waals surface area contributed by atoms with E-state index in [4.69, 9.17) is 9.52 Å². The van der Waals surface area contributed by atoms with Crippen LogP contribution in [0.5, 0.6) is 0 Å². The van der Waals surface area contributed by atoms with E-state index in [-0.39, 0.29) is 0 Å². The molecule has 3 rings (SSSR count). The van der Waals surface area contributed by atoms with Crippen molar-refractivity contribution in [2.75, 3.05) is 31.1 Å². The first-order valence-electron chi connectivity index (χ1n) is 5.82. The third-order valence-corrected chi connectivity index (χ3v) is 3.10. The van der Waals surface area contributed by atoms with Gasteiger partial charge >= 0.3 is 6.09 Å². The standard InChI is InChI=1S/C12H13N3O3/c16-12(17)15-7-5-14(6-8-15)11-13-9-3-1-2-4-10(9)18-11/h1-4H,5-8H2,(H,16,17). The zero-order chi connectivity index (χ0) is 12.5. The average Bonchev–Trinajstić information content (AvgIpc) is 2.82. The maximum atomic E-state index is 10.8. The van der Waals surface area contributed by atoms with Crippen LogP contribution in [0.2, 0.25) is 0 Å². The van der Waals surface area contributed by atoms with E-state index in [9.17, 15) is 4.79 Å². The minimum Gasteiger partial charge on any atom is -0.465 e. The van der Waals surface area contributed by atoms with E-state index < -0.39 is 6.09 Å². The number of nitrogens with zero attached hydrogens (tertiary/aromatic N) is 3. The topological polar surface area (TPSA) is 69.8 Å². The Hall–Kier alpha value is -2.24. The van der Waals surface area contributed by atoms with Crippen LogP contribution in [0, 0.1) is 0 Å². The molecule has 1 aliphatic heterocycles. The summed E-state index contributed by atoms with van der Waals surface area (Å²) in [6, 6.07) is 8.16. The number of benzene rings is 1. The number of oxazole rings is 1. The summed E-state index contributed by atoms with van der Waals surface area (Å²) in [5, 5.41) is 8.88. The second kappa shape index (κ2) is 4.21. The molecule has 0 saturated carbocycles. The lowest BCUT2D eigenvalue weighted by Crippen LogP contribution is -2.48. The van der Waals surface area contributed by atoms with Crippen molar-refractivity contribution in [2.45, 2.75) is 0 Å². The molecule has 0 radical (unpaired) electrons. The summed E-state index contributed by atoms with van der Waals surface area (Å²) in [4.78, 5) is 18.6. The van der Waals surface area contributed by atoms with Crippen molar-refractivity contribution in [3.63, 3.8) is 0 Å². The molecule has 1 aromatic heterocycles. The second-order valence-corrected chi connectivity index (χ2v) is 4.22. The Kier molecular flexibility index (Phi) is 2.55. The summed E-state index contributed by atoms with van der Waals surface area (Å²) in [6.07, 6.45) is -0.868. The van der Waals surface area contributed by atoms with Crippen LogP contribution in [-0.2, 0) is 0 Å². The Labute approximate surface area is 103 Å². The molecule has 1 fully saturated rings. The Morgan fingerprint density at radius 2 is 1.94 bits per heavy atom. The van der Waals surface area contributed by atoms with Gasteiger partial charge in [-0.15, -0.1) is 0 Å². The molecule has 0 aliphatic carbocycles. The fraction of sp³-hybridized carbons (Fsp3) is 0.333. The Balaban J connectivity index is 1.78. The summed E-state index contributed by atoms with van der Waals surface area (Å²) in [7, 11) is 0. The van der Waals surface area contributed by atoms with Crippen LogP contribution in [0.3, 0.4) is 0 Å². The molecule has 2 aromatic rings. The van der Waals surface area contributed by atoms with Crippen LogP contribution in [-0.4, -0.2) is 47.3 Å². The summed E-state index contributed by atoms with van der Waals surface area (Å²) >= 11 is 0. The van der Waals surface area contributed by atoms with Crippen molar-refractivity contribution < 1.29 is 14.3 Å². The average molecular weight is 247 g/mol. The van der Waals surface area contributed by atoms with Gasteiger partial charge in [0.25, 0.3) is 6.01 Å². The Morgan fingerprint density at radius 3 is 2.61 bits per heavy atom. The normalized spacial score (nSPS) is 16.2. The number of hydrogen-bond acceptors (Lipinski definition) is 4. The number of carboxylic acid groups (broad SMARTS) is 1. The smallest absolute Gasteiger partial charge is 0.407 e. The number of rotatable bonds is 1. The lowest BCUT2D eigenvalue weighted by atomic mass is 10.3. The van der Waals surface area contributed by atoms with Crippen LogP contribution >= 0.6 is 0 Å². The summed E-state index contributed by atoms with van der Waals surface area (Å²) in [6.45, 7) is 2.18. The van der Waals surface area contributed by atoms with Crippen molar-refractivity contribution >= 4 is 23.2 Å². The molecule has 94 valence electrons. The van der Waals surface area contributed by atoms with Gasteiger partial charge in [0.1, 0.15) is 5.52 Å². The van der Waals surface area contributed by atoms with Crippen molar-refractivity contribution in [3.05, 3.63) is 24.3 Å². The second-order valence-electron chi connectivity index (χ2n) is 4.22. The molecule has 1 aromatic carbocycles. The lowest BCUT2D eigenvalue weighted by Gasteiger charge is -2.31. The van der Waals surface area contributed by atoms with Crippen LogP contribution in [0.4, 0.5) is 10.8 Å². The van der Waals surface area contributed by atoms with E-state index in [1.807, 2.05) is 29.2 Å². The van der Waals surface area contributed by atoms with E-state index in [1.54, 1.807) is 0 Å². The fourth-order valence-corrected chi connectivity index (χ4v) is 2.08. The maximum absolute atomic E-state index is 10.8. The number of hydrogen-bond donors (Lipinski definition) is 1. The van der Waals surface area contributed by atoms with Gasteiger partial charge in [0.2, 0.25) is 0 Å². The predicted molar refractivity (Wildman–Crippen MR) is 65.8 cm³/mol. The highest BCUT2D eigenvalue weighted by molar-refractivity contribution is 5.74. The highest BCUT2D eigenvalue weighted by Crippen LogP contribution is 2.22. The highest BCUT2D eigenvalue weighted by Gasteiger charge is 2.23. The SMILES string of the molecule is O=C(O)N1CCN(c2nc3ccccc3o2)CC1.